The van der Waals surface area contributed by atoms with E-state index in [1.807, 2.05) is 19.1 Å². The molecule has 0 spiro atoms. The first-order valence-electron chi connectivity index (χ1n) is 7.91. The second kappa shape index (κ2) is 7.38. The van der Waals surface area contributed by atoms with E-state index in [-0.39, 0.29) is 0 Å². The first-order valence-corrected chi connectivity index (χ1v) is 9.40. The minimum absolute atomic E-state index is 0.378. The fourth-order valence-electron chi connectivity index (χ4n) is 2.29. The molecular weight excluding hydrogens is 284 g/mol. The van der Waals surface area contributed by atoms with E-state index < -0.39 is 10.0 Å². The van der Waals surface area contributed by atoms with Gasteiger partial charge in [-0.25, -0.2) is 13.1 Å². The van der Waals surface area contributed by atoms with Gasteiger partial charge in [-0.3, -0.25) is 0 Å². The van der Waals surface area contributed by atoms with Gasteiger partial charge in [0.2, 0.25) is 10.0 Å². The van der Waals surface area contributed by atoms with Crippen LogP contribution in [0.1, 0.15) is 50.7 Å². The summed E-state index contributed by atoms with van der Waals surface area (Å²) in [4.78, 5) is 0.378. The number of sulfonamides is 1. The third-order valence-corrected chi connectivity index (χ3v) is 5.31. The highest BCUT2D eigenvalue weighted by Crippen LogP contribution is 2.21. The third-order valence-electron chi connectivity index (χ3n) is 3.85. The quantitative estimate of drug-likeness (QED) is 0.689. The number of unbranched alkanes of at least 4 members (excludes halogenated alkanes) is 1. The van der Waals surface area contributed by atoms with Crippen LogP contribution in [0.5, 0.6) is 0 Å². The molecule has 0 heterocycles. The standard InChI is InChI=1S/C16H26N2O2S/c1-3-5-10-18-21(19,20)16-9-6-13(4-2)14(11-16)12-17-15-7-8-15/h6,9,11,15,17-18H,3-5,7-8,10,12H2,1-2H3. The van der Waals surface area contributed by atoms with Crippen molar-refractivity contribution in [1.29, 1.82) is 0 Å². The first-order chi connectivity index (χ1) is 10.1. The number of aryl methyl sites for hydroxylation is 1. The van der Waals surface area contributed by atoms with Crippen molar-refractivity contribution in [3.8, 4) is 0 Å². The summed E-state index contributed by atoms with van der Waals surface area (Å²) in [5, 5.41) is 3.46. The van der Waals surface area contributed by atoms with Crippen molar-refractivity contribution in [1.82, 2.24) is 10.0 Å². The van der Waals surface area contributed by atoms with E-state index in [2.05, 4.69) is 17.0 Å². The molecule has 0 aromatic heterocycles. The predicted molar refractivity (Wildman–Crippen MR) is 85.8 cm³/mol. The molecule has 2 rings (SSSR count). The second-order valence-electron chi connectivity index (χ2n) is 5.69. The van der Waals surface area contributed by atoms with Crippen molar-refractivity contribution in [3.05, 3.63) is 29.3 Å². The minimum Gasteiger partial charge on any atom is -0.310 e. The average molecular weight is 310 g/mol. The van der Waals surface area contributed by atoms with Crippen LogP contribution < -0.4 is 10.0 Å². The molecule has 1 aromatic rings. The molecule has 1 saturated carbocycles. The normalized spacial score (nSPS) is 15.3. The lowest BCUT2D eigenvalue weighted by Crippen LogP contribution is -2.25. The van der Waals surface area contributed by atoms with Gasteiger partial charge in [0, 0.05) is 19.1 Å². The Morgan fingerprint density at radius 1 is 1.19 bits per heavy atom. The largest absolute Gasteiger partial charge is 0.310 e. The fraction of sp³-hybridized carbons (Fsp3) is 0.625. The maximum atomic E-state index is 12.3. The highest BCUT2D eigenvalue weighted by Gasteiger charge is 2.21. The van der Waals surface area contributed by atoms with Crippen LogP contribution in [0.4, 0.5) is 0 Å². The fourth-order valence-corrected chi connectivity index (χ4v) is 3.41. The number of hydrogen-bond donors (Lipinski definition) is 2. The molecule has 2 N–H and O–H groups in total. The van der Waals surface area contributed by atoms with Gasteiger partial charge >= 0.3 is 0 Å². The highest BCUT2D eigenvalue weighted by atomic mass is 32.2. The van der Waals surface area contributed by atoms with Gasteiger partial charge in [-0.1, -0.05) is 26.3 Å². The summed E-state index contributed by atoms with van der Waals surface area (Å²) >= 11 is 0. The van der Waals surface area contributed by atoms with Crippen molar-refractivity contribution in [3.63, 3.8) is 0 Å². The zero-order valence-electron chi connectivity index (χ0n) is 13.0. The van der Waals surface area contributed by atoms with Crippen LogP contribution in [-0.4, -0.2) is 21.0 Å². The van der Waals surface area contributed by atoms with E-state index in [0.29, 0.717) is 17.5 Å². The van der Waals surface area contributed by atoms with Gasteiger partial charge in [0.15, 0.2) is 0 Å². The summed E-state index contributed by atoms with van der Waals surface area (Å²) in [5.74, 6) is 0. The summed E-state index contributed by atoms with van der Waals surface area (Å²) in [5.41, 5.74) is 2.32. The van der Waals surface area contributed by atoms with E-state index in [1.165, 1.54) is 18.4 Å². The Bertz CT molecular complexity index is 566. The topological polar surface area (TPSA) is 58.2 Å². The lowest BCUT2D eigenvalue weighted by atomic mass is 10.1. The monoisotopic (exact) mass is 310 g/mol. The molecule has 1 fully saturated rings. The van der Waals surface area contributed by atoms with Gasteiger partial charge in [-0.2, -0.15) is 0 Å². The Labute approximate surface area is 128 Å². The maximum Gasteiger partial charge on any atom is 0.240 e. The summed E-state index contributed by atoms with van der Waals surface area (Å²) in [7, 11) is -3.38. The van der Waals surface area contributed by atoms with Gasteiger partial charge in [-0.05, 0) is 48.9 Å². The molecule has 0 atom stereocenters. The zero-order valence-corrected chi connectivity index (χ0v) is 13.8. The summed E-state index contributed by atoms with van der Waals surface area (Å²) in [6, 6.07) is 6.10. The third kappa shape index (κ3) is 4.80. The van der Waals surface area contributed by atoms with E-state index in [0.717, 1.165) is 31.4 Å². The second-order valence-corrected chi connectivity index (χ2v) is 7.46. The Hall–Kier alpha value is -0.910. The van der Waals surface area contributed by atoms with E-state index in [1.54, 1.807) is 6.07 Å². The molecule has 1 aliphatic rings. The highest BCUT2D eigenvalue weighted by molar-refractivity contribution is 7.89. The number of hydrogen-bond acceptors (Lipinski definition) is 3. The lowest BCUT2D eigenvalue weighted by Gasteiger charge is -2.12. The van der Waals surface area contributed by atoms with Crippen molar-refractivity contribution in [2.45, 2.75) is 63.4 Å². The van der Waals surface area contributed by atoms with Crippen molar-refractivity contribution >= 4 is 10.0 Å². The minimum atomic E-state index is -3.38. The first kappa shape index (κ1) is 16.5. The molecule has 0 aliphatic heterocycles. The molecule has 0 amide bonds. The SMILES string of the molecule is CCCCNS(=O)(=O)c1ccc(CC)c(CNC2CC2)c1. The van der Waals surface area contributed by atoms with E-state index in [4.69, 9.17) is 0 Å². The van der Waals surface area contributed by atoms with E-state index >= 15 is 0 Å². The predicted octanol–water partition coefficient (Wildman–Crippen LogP) is 2.58. The van der Waals surface area contributed by atoms with Crippen LogP contribution >= 0.6 is 0 Å². The van der Waals surface area contributed by atoms with Gasteiger partial charge in [0.25, 0.3) is 0 Å². The Kier molecular flexibility index (Phi) is 5.79. The summed E-state index contributed by atoms with van der Waals surface area (Å²) < 4.78 is 27.2. The molecule has 21 heavy (non-hydrogen) atoms. The number of benzene rings is 1. The van der Waals surface area contributed by atoms with Crippen molar-refractivity contribution < 1.29 is 8.42 Å². The molecule has 1 aliphatic carbocycles. The van der Waals surface area contributed by atoms with Crippen LogP contribution in [0.15, 0.2) is 23.1 Å². The molecule has 0 unspecified atom stereocenters. The van der Waals surface area contributed by atoms with Crippen LogP contribution in [0, 0.1) is 0 Å². The van der Waals surface area contributed by atoms with Crippen LogP contribution in [-0.2, 0) is 23.0 Å². The van der Waals surface area contributed by atoms with Crippen LogP contribution in [0.3, 0.4) is 0 Å². The van der Waals surface area contributed by atoms with Gasteiger partial charge in [0.1, 0.15) is 0 Å². The number of nitrogens with one attached hydrogen (secondary N) is 2. The summed E-state index contributed by atoms with van der Waals surface area (Å²) in [6.07, 6.45) is 5.23. The molecule has 5 heteroatoms. The molecule has 0 radical (unpaired) electrons. The molecule has 4 nitrogen and oxygen atoms in total. The van der Waals surface area contributed by atoms with Crippen LogP contribution in [0.25, 0.3) is 0 Å². The van der Waals surface area contributed by atoms with Crippen LogP contribution in [0.2, 0.25) is 0 Å². The van der Waals surface area contributed by atoms with Gasteiger partial charge in [-0.15, -0.1) is 0 Å². The maximum absolute atomic E-state index is 12.3. The van der Waals surface area contributed by atoms with E-state index in [9.17, 15) is 8.42 Å². The Morgan fingerprint density at radius 2 is 1.95 bits per heavy atom. The Morgan fingerprint density at radius 3 is 2.57 bits per heavy atom. The molecule has 0 bridgehead atoms. The molecule has 118 valence electrons. The smallest absolute Gasteiger partial charge is 0.240 e. The van der Waals surface area contributed by atoms with Crippen molar-refractivity contribution in [2.75, 3.05) is 6.54 Å². The molecule has 1 aromatic carbocycles. The number of rotatable bonds is 9. The zero-order chi connectivity index (χ0) is 15.3. The van der Waals surface area contributed by atoms with Crippen molar-refractivity contribution in [2.24, 2.45) is 0 Å². The molecule has 0 saturated heterocycles. The summed E-state index contributed by atoms with van der Waals surface area (Å²) in [6.45, 7) is 5.41. The Balaban J connectivity index is 2.12. The average Bonchev–Trinajstić information content (AvgIpc) is 3.29. The van der Waals surface area contributed by atoms with Gasteiger partial charge in [0.05, 0.1) is 4.90 Å². The molecular formula is C16H26N2O2S. The lowest BCUT2D eigenvalue weighted by molar-refractivity contribution is 0.578. The van der Waals surface area contributed by atoms with Gasteiger partial charge < -0.3 is 5.32 Å².